The molecule has 0 aliphatic carbocycles. The van der Waals surface area contributed by atoms with Crippen LogP contribution in [-0.4, -0.2) is 7.11 Å². The Kier molecular flexibility index (Phi) is 2.95. The van der Waals surface area contributed by atoms with Crippen LogP contribution in [0.4, 0.5) is 13.2 Å². The fourth-order valence-corrected chi connectivity index (χ4v) is 0.807. The van der Waals surface area contributed by atoms with Crippen molar-refractivity contribution in [2.24, 2.45) is 0 Å². The molecule has 0 aromatic heterocycles. The zero-order chi connectivity index (χ0) is 9.84. The second-order valence-corrected chi connectivity index (χ2v) is 2.33. The van der Waals surface area contributed by atoms with Gasteiger partial charge in [0, 0.05) is 11.6 Å². The topological polar surface area (TPSA) is 9.23 Å². The SMILES string of the molecule is CO/C=C/c1cc(F)c(F)cc1F. The predicted molar refractivity (Wildman–Crippen MR) is 42.4 cm³/mol. The standard InChI is InChI=1S/C9H7F3O/c1-13-3-2-6-4-8(11)9(12)5-7(6)10/h2-5H,1H3/b3-2+. The molecule has 0 unspecified atom stereocenters. The van der Waals surface area contributed by atoms with E-state index in [1.54, 1.807) is 0 Å². The third kappa shape index (κ3) is 2.24. The Balaban J connectivity index is 3.08. The first-order chi connectivity index (χ1) is 6.15. The second-order valence-electron chi connectivity index (χ2n) is 2.33. The van der Waals surface area contributed by atoms with Crippen LogP contribution < -0.4 is 0 Å². The molecule has 4 heteroatoms. The molecule has 0 amide bonds. The second kappa shape index (κ2) is 3.98. The van der Waals surface area contributed by atoms with E-state index in [1.165, 1.54) is 19.4 Å². The third-order valence-electron chi connectivity index (χ3n) is 1.42. The van der Waals surface area contributed by atoms with Crippen molar-refractivity contribution in [1.29, 1.82) is 0 Å². The highest BCUT2D eigenvalue weighted by Crippen LogP contribution is 2.14. The Hall–Kier alpha value is -1.45. The lowest BCUT2D eigenvalue weighted by atomic mass is 10.2. The molecule has 0 radical (unpaired) electrons. The molecule has 1 nitrogen and oxygen atoms in total. The van der Waals surface area contributed by atoms with Gasteiger partial charge < -0.3 is 4.74 Å². The molecule has 0 atom stereocenters. The molecule has 1 rings (SSSR count). The van der Waals surface area contributed by atoms with Gasteiger partial charge in [-0.05, 0) is 12.1 Å². The minimum Gasteiger partial charge on any atom is -0.504 e. The molecule has 0 heterocycles. The van der Waals surface area contributed by atoms with E-state index in [0.29, 0.717) is 6.07 Å². The Bertz CT molecular complexity index is 334. The molecule has 0 aliphatic rings. The molecule has 1 aromatic rings. The van der Waals surface area contributed by atoms with Crippen molar-refractivity contribution >= 4 is 6.08 Å². The number of methoxy groups -OCH3 is 1. The first-order valence-corrected chi connectivity index (χ1v) is 3.49. The molecular formula is C9H7F3O. The molecule has 0 aliphatic heterocycles. The van der Waals surface area contributed by atoms with Crippen molar-refractivity contribution in [2.45, 2.75) is 0 Å². The van der Waals surface area contributed by atoms with Crippen LogP contribution in [0.3, 0.4) is 0 Å². The molecule has 0 N–H and O–H groups in total. The Morgan fingerprint density at radius 1 is 1.08 bits per heavy atom. The summed E-state index contributed by atoms with van der Waals surface area (Å²) in [6.07, 6.45) is 2.38. The summed E-state index contributed by atoms with van der Waals surface area (Å²) in [6, 6.07) is 1.25. The van der Waals surface area contributed by atoms with E-state index < -0.39 is 17.5 Å². The molecule has 0 bridgehead atoms. The number of benzene rings is 1. The largest absolute Gasteiger partial charge is 0.504 e. The number of halogens is 3. The van der Waals surface area contributed by atoms with Crippen molar-refractivity contribution in [3.05, 3.63) is 41.4 Å². The first kappa shape index (κ1) is 9.64. The lowest BCUT2D eigenvalue weighted by molar-refractivity contribution is 0.341. The molecule has 0 spiro atoms. The van der Waals surface area contributed by atoms with Crippen molar-refractivity contribution in [3.63, 3.8) is 0 Å². The van der Waals surface area contributed by atoms with Crippen molar-refractivity contribution in [2.75, 3.05) is 7.11 Å². The van der Waals surface area contributed by atoms with Gasteiger partial charge in [-0.3, -0.25) is 0 Å². The fraction of sp³-hybridized carbons (Fsp3) is 0.111. The van der Waals surface area contributed by atoms with Gasteiger partial charge in [0.05, 0.1) is 13.4 Å². The quantitative estimate of drug-likeness (QED) is 0.512. The number of hydrogen-bond donors (Lipinski definition) is 0. The zero-order valence-corrected chi connectivity index (χ0v) is 6.85. The lowest BCUT2D eigenvalue weighted by Crippen LogP contribution is -1.90. The maximum absolute atomic E-state index is 12.8. The minimum atomic E-state index is -1.20. The van der Waals surface area contributed by atoms with Crippen LogP contribution in [0, 0.1) is 17.5 Å². The fourth-order valence-electron chi connectivity index (χ4n) is 0.807. The summed E-state index contributed by atoms with van der Waals surface area (Å²) < 4.78 is 42.3. The van der Waals surface area contributed by atoms with Gasteiger partial charge >= 0.3 is 0 Å². The van der Waals surface area contributed by atoms with Crippen LogP contribution in [0.2, 0.25) is 0 Å². The van der Waals surface area contributed by atoms with Crippen LogP contribution in [-0.2, 0) is 4.74 Å². The molecule has 0 fully saturated rings. The smallest absolute Gasteiger partial charge is 0.161 e. The van der Waals surface area contributed by atoms with E-state index in [4.69, 9.17) is 0 Å². The summed E-state index contributed by atoms with van der Waals surface area (Å²) >= 11 is 0. The summed E-state index contributed by atoms with van der Waals surface area (Å²) in [6.45, 7) is 0. The van der Waals surface area contributed by atoms with E-state index in [0.717, 1.165) is 6.07 Å². The van der Waals surface area contributed by atoms with E-state index in [2.05, 4.69) is 4.74 Å². The summed E-state index contributed by atoms with van der Waals surface area (Å²) in [7, 11) is 1.37. The molecular weight excluding hydrogens is 181 g/mol. The van der Waals surface area contributed by atoms with E-state index in [-0.39, 0.29) is 5.56 Å². The van der Waals surface area contributed by atoms with Gasteiger partial charge in [0.2, 0.25) is 0 Å². The van der Waals surface area contributed by atoms with Gasteiger partial charge in [0.25, 0.3) is 0 Å². The molecule has 1 aromatic carbocycles. The van der Waals surface area contributed by atoms with Crippen LogP contribution in [0.5, 0.6) is 0 Å². The summed E-state index contributed by atoms with van der Waals surface area (Å²) in [5, 5.41) is 0. The van der Waals surface area contributed by atoms with Gasteiger partial charge in [-0.25, -0.2) is 13.2 Å². The average molecular weight is 188 g/mol. The predicted octanol–water partition coefficient (Wildman–Crippen LogP) is 2.72. The maximum Gasteiger partial charge on any atom is 0.161 e. The Morgan fingerprint density at radius 3 is 2.31 bits per heavy atom. The molecule has 0 saturated carbocycles. The number of hydrogen-bond acceptors (Lipinski definition) is 1. The normalized spacial score (nSPS) is 10.8. The number of rotatable bonds is 2. The summed E-state index contributed by atoms with van der Waals surface area (Å²) in [5.74, 6) is -3.11. The van der Waals surface area contributed by atoms with Gasteiger partial charge in [-0.2, -0.15) is 0 Å². The number of ether oxygens (including phenoxy) is 1. The van der Waals surface area contributed by atoms with Crippen molar-refractivity contribution < 1.29 is 17.9 Å². The molecule has 13 heavy (non-hydrogen) atoms. The lowest BCUT2D eigenvalue weighted by Gasteiger charge is -1.98. The molecule has 70 valence electrons. The van der Waals surface area contributed by atoms with E-state index >= 15 is 0 Å². The van der Waals surface area contributed by atoms with Gasteiger partial charge in [0.1, 0.15) is 5.82 Å². The third-order valence-corrected chi connectivity index (χ3v) is 1.42. The zero-order valence-electron chi connectivity index (χ0n) is 6.85. The highest BCUT2D eigenvalue weighted by molar-refractivity contribution is 5.49. The Morgan fingerprint density at radius 2 is 1.69 bits per heavy atom. The van der Waals surface area contributed by atoms with Gasteiger partial charge in [-0.1, -0.05) is 0 Å². The Labute approximate surface area is 73.4 Å². The van der Waals surface area contributed by atoms with Crippen LogP contribution in [0.15, 0.2) is 18.4 Å². The van der Waals surface area contributed by atoms with Gasteiger partial charge in [-0.15, -0.1) is 0 Å². The van der Waals surface area contributed by atoms with Crippen LogP contribution >= 0.6 is 0 Å². The average Bonchev–Trinajstić information content (AvgIpc) is 2.09. The highest BCUT2D eigenvalue weighted by atomic mass is 19.2. The first-order valence-electron chi connectivity index (χ1n) is 3.49. The van der Waals surface area contributed by atoms with Crippen LogP contribution in [0.25, 0.3) is 6.08 Å². The summed E-state index contributed by atoms with van der Waals surface area (Å²) in [4.78, 5) is 0. The summed E-state index contributed by atoms with van der Waals surface area (Å²) in [5.41, 5.74) is -0.0549. The monoisotopic (exact) mass is 188 g/mol. The van der Waals surface area contributed by atoms with E-state index in [9.17, 15) is 13.2 Å². The van der Waals surface area contributed by atoms with E-state index in [1.807, 2.05) is 0 Å². The van der Waals surface area contributed by atoms with Crippen LogP contribution in [0.1, 0.15) is 5.56 Å². The van der Waals surface area contributed by atoms with Gasteiger partial charge in [0.15, 0.2) is 11.6 Å². The van der Waals surface area contributed by atoms with Crippen molar-refractivity contribution in [1.82, 2.24) is 0 Å². The maximum atomic E-state index is 12.8. The minimum absolute atomic E-state index is 0.0549. The van der Waals surface area contributed by atoms with Crippen molar-refractivity contribution in [3.8, 4) is 0 Å². The highest BCUT2D eigenvalue weighted by Gasteiger charge is 2.06. The molecule has 0 saturated heterocycles.